The van der Waals surface area contributed by atoms with Crippen LogP contribution in [0.15, 0.2) is 58.3 Å². The van der Waals surface area contributed by atoms with Crippen molar-refractivity contribution >= 4 is 52.3 Å². The van der Waals surface area contributed by atoms with Gasteiger partial charge in [0.05, 0.1) is 24.1 Å². The molecule has 0 aliphatic heterocycles. The summed E-state index contributed by atoms with van der Waals surface area (Å²) in [5.41, 5.74) is 2.90. The van der Waals surface area contributed by atoms with E-state index in [0.29, 0.717) is 16.3 Å². The van der Waals surface area contributed by atoms with Gasteiger partial charge in [0, 0.05) is 21.7 Å². The number of hydrogen-bond acceptors (Lipinski definition) is 6. The van der Waals surface area contributed by atoms with E-state index in [2.05, 4.69) is 15.0 Å². The number of rotatable bonds is 6. The van der Waals surface area contributed by atoms with Crippen LogP contribution in [0.3, 0.4) is 0 Å². The van der Waals surface area contributed by atoms with E-state index in [9.17, 15) is 9.59 Å². The molecule has 0 unspecified atom stereocenters. The van der Waals surface area contributed by atoms with E-state index in [0.717, 1.165) is 15.6 Å². The predicted molar refractivity (Wildman–Crippen MR) is 110 cm³/mol. The van der Waals surface area contributed by atoms with Gasteiger partial charge in [-0.1, -0.05) is 35.5 Å². The van der Waals surface area contributed by atoms with E-state index >= 15 is 0 Å². The van der Waals surface area contributed by atoms with Crippen LogP contribution in [0.25, 0.3) is 11.3 Å². The number of anilines is 1. The second-order valence-corrected chi connectivity index (χ2v) is 7.93. The zero-order valence-corrected chi connectivity index (χ0v) is 16.7. The number of ether oxygens (including phenoxy) is 1. The molecule has 0 bridgehead atoms. The topological polar surface area (TPSA) is 68.3 Å². The van der Waals surface area contributed by atoms with Gasteiger partial charge >= 0.3 is 5.97 Å². The van der Waals surface area contributed by atoms with E-state index < -0.39 is 5.97 Å². The van der Waals surface area contributed by atoms with E-state index in [1.54, 1.807) is 24.3 Å². The smallest absolute Gasteiger partial charge is 0.337 e. The number of nitrogens with one attached hydrogen (secondary N) is 1. The van der Waals surface area contributed by atoms with Gasteiger partial charge in [-0.2, -0.15) is 0 Å². The van der Waals surface area contributed by atoms with Crippen LogP contribution in [-0.4, -0.2) is 29.7 Å². The first-order valence-corrected chi connectivity index (χ1v) is 10.1. The van der Waals surface area contributed by atoms with Crippen molar-refractivity contribution in [3.8, 4) is 11.3 Å². The van der Waals surface area contributed by atoms with Gasteiger partial charge in [-0.15, -0.1) is 11.3 Å². The molecule has 5 nitrogen and oxygen atoms in total. The summed E-state index contributed by atoms with van der Waals surface area (Å²) in [6.45, 7) is 0. The Hall–Kier alpha value is -2.35. The molecule has 1 N–H and O–H groups in total. The van der Waals surface area contributed by atoms with Crippen molar-refractivity contribution in [2.24, 2.45) is 0 Å². The SMILES string of the molecule is COC(=O)c1ccc(NC(=O)CSc2nc(-c3ccc(Cl)cc3)cs2)cc1. The molecule has 0 atom stereocenters. The molecule has 0 spiro atoms. The number of methoxy groups -OCH3 is 1. The number of amides is 1. The van der Waals surface area contributed by atoms with Gasteiger partial charge in [-0.3, -0.25) is 4.79 Å². The first kappa shape index (κ1) is 19.4. The number of thiazole rings is 1. The lowest BCUT2D eigenvalue weighted by Gasteiger charge is -2.05. The van der Waals surface area contributed by atoms with Gasteiger partial charge in [0.15, 0.2) is 4.34 Å². The highest BCUT2D eigenvalue weighted by atomic mass is 35.5. The Morgan fingerprint density at radius 1 is 1.15 bits per heavy atom. The third-order valence-electron chi connectivity index (χ3n) is 3.54. The van der Waals surface area contributed by atoms with Crippen molar-refractivity contribution in [1.82, 2.24) is 4.98 Å². The minimum atomic E-state index is -0.413. The second-order valence-electron chi connectivity index (χ2n) is 5.41. The lowest BCUT2D eigenvalue weighted by Crippen LogP contribution is -2.14. The molecule has 27 heavy (non-hydrogen) atoms. The Labute approximate surface area is 169 Å². The molecule has 0 radical (unpaired) electrons. The number of nitrogens with zero attached hydrogens (tertiary/aromatic N) is 1. The van der Waals surface area contributed by atoms with Crippen LogP contribution < -0.4 is 5.32 Å². The second kappa shape index (κ2) is 9.03. The summed E-state index contributed by atoms with van der Waals surface area (Å²) < 4.78 is 5.46. The van der Waals surface area contributed by atoms with Crippen LogP contribution >= 0.6 is 34.7 Å². The lowest BCUT2D eigenvalue weighted by atomic mass is 10.2. The first-order chi connectivity index (χ1) is 13.0. The molecule has 138 valence electrons. The van der Waals surface area contributed by atoms with Crippen LogP contribution in [0, 0.1) is 0 Å². The monoisotopic (exact) mass is 418 g/mol. The van der Waals surface area contributed by atoms with Crippen molar-refractivity contribution in [3.05, 3.63) is 64.5 Å². The maximum Gasteiger partial charge on any atom is 0.337 e. The Morgan fingerprint density at radius 3 is 2.52 bits per heavy atom. The number of carbonyl (C=O) groups is 2. The fourth-order valence-electron chi connectivity index (χ4n) is 2.21. The predicted octanol–water partition coefficient (Wildman–Crippen LogP) is 4.98. The lowest BCUT2D eigenvalue weighted by molar-refractivity contribution is -0.113. The van der Waals surface area contributed by atoms with Crippen molar-refractivity contribution < 1.29 is 14.3 Å². The Bertz CT molecular complexity index is 940. The maximum absolute atomic E-state index is 12.1. The number of thioether (sulfide) groups is 1. The highest BCUT2D eigenvalue weighted by Crippen LogP contribution is 2.29. The number of hydrogen-bond donors (Lipinski definition) is 1. The third-order valence-corrected chi connectivity index (χ3v) is 5.81. The van der Waals surface area contributed by atoms with Crippen LogP contribution in [0.5, 0.6) is 0 Å². The number of aromatic nitrogens is 1. The van der Waals surface area contributed by atoms with Crippen molar-refractivity contribution in [3.63, 3.8) is 0 Å². The zero-order valence-electron chi connectivity index (χ0n) is 14.3. The van der Waals surface area contributed by atoms with Gasteiger partial charge in [-0.25, -0.2) is 9.78 Å². The van der Waals surface area contributed by atoms with Crippen LogP contribution in [-0.2, 0) is 9.53 Å². The Morgan fingerprint density at radius 2 is 1.85 bits per heavy atom. The zero-order chi connectivity index (χ0) is 19.2. The summed E-state index contributed by atoms with van der Waals surface area (Å²) in [6, 6.07) is 14.0. The average Bonchev–Trinajstić information content (AvgIpc) is 3.16. The van der Waals surface area contributed by atoms with Crippen LogP contribution in [0.4, 0.5) is 5.69 Å². The molecular weight excluding hydrogens is 404 g/mol. The van der Waals surface area contributed by atoms with Crippen molar-refractivity contribution in [1.29, 1.82) is 0 Å². The summed E-state index contributed by atoms with van der Waals surface area (Å²) in [4.78, 5) is 28.1. The molecule has 1 amide bonds. The van der Waals surface area contributed by atoms with E-state index in [1.165, 1.54) is 30.2 Å². The number of carbonyl (C=O) groups excluding carboxylic acids is 2. The summed E-state index contributed by atoms with van der Waals surface area (Å²) in [7, 11) is 1.33. The van der Waals surface area contributed by atoms with Gasteiger partial charge in [0.25, 0.3) is 0 Å². The standard InChI is InChI=1S/C19H15ClN2O3S2/c1-25-18(24)13-4-8-15(9-5-13)21-17(23)11-27-19-22-16(10-26-19)12-2-6-14(20)7-3-12/h2-10H,11H2,1H3,(H,21,23). The van der Waals surface area contributed by atoms with Gasteiger partial charge in [-0.05, 0) is 36.4 Å². The Balaban J connectivity index is 1.53. The van der Waals surface area contributed by atoms with Crippen LogP contribution in [0.2, 0.25) is 5.02 Å². The summed E-state index contributed by atoms with van der Waals surface area (Å²) in [5, 5.41) is 5.43. The van der Waals surface area contributed by atoms with Crippen molar-refractivity contribution in [2.75, 3.05) is 18.2 Å². The normalized spacial score (nSPS) is 10.4. The molecular formula is C19H15ClN2O3S2. The fourth-order valence-corrected chi connectivity index (χ4v) is 3.97. The molecule has 0 saturated heterocycles. The quantitative estimate of drug-likeness (QED) is 0.451. The van der Waals surface area contributed by atoms with E-state index in [-0.39, 0.29) is 11.7 Å². The molecule has 0 aliphatic carbocycles. The van der Waals surface area contributed by atoms with Gasteiger partial charge in [0.2, 0.25) is 5.91 Å². The minimum Gasteiger partial charge on any atom is -0.465 e. The largest absolute Gasteiger partial charge is 0.465 e. The van der Waals surface area contributed by atoms with Gasteiger partial charge in [0.1, 0.15) is 0 Å². The molecule has 0 saturated carbocycles. The minimum absolute atomic E-state index is 0.144. The summed E-state index contributed by atoms with van der Waals surface area (Å²) >= 11 is 8.76. The molecule has 3 rings (SSSR count). The first-order valence-electron chi connectivity index (χ1n) is 7.87. The molecule has 0 fully saturated rings. The molecule has 1 aromatic heterocycles. The number of benzene rings is 2. The van der Waals surface area contributed by atoms with Crippen molar-refractivity contribution in [2.45, 2.75) is 4.34 Å². The molecule has 0 aliphatic rings. The average molecular weight is 419 g/mol. The highest BCUT2D eigenvalue weighted by molar-refractivity contribution is 8.01. The molecule has 3 aromatic rings. The molecule has 1 heterocycles. The highest BCUT2D eigenvalue weighted by Gasteiger charge is 2.09. The molecule has 2 aromatic carbocycles. The Kier molecular flexibility index (Phi) is 6.49. The fraction of sp³-hybridized carbons (Fsp3) is 0.105. The number of halogens is 1. The maximum atomic E-state index is 12.1. The van der Waals surface area contributed by atoms with Crippen LogP contribution in [0.1, 0.15) is 10.4 Å². The number of esters is 1. The summed E-state index contributed by atoms with van der Waals surface area (Å²) in [6.07, 6.45) is 0. The van der Waals surface area contributed by atoms with E-state index in [1.807, 2.05) is 29.6 Å². The summed E-state index contributed by atoms with van der Waals surface area (Å²) in [5.74, 6) is -0.315. The third kappa shape index (κ3) is 5.32. The van der Waals surface area contributed by atoms with Gasteiger partial charge < -0.3 is 10.1 Å². The molecule has 8 heteroatoms. The van der Waals surface area contributed by atoms with E-state index in [4.69, 9.17) is 11.6 Å².